The summed E-state index contributed by atoms with van der Waals surface area (Å²) < 4.78 is 11.2. The zero-order valence-electron chi connectivity index (χ0n) is 20.2. The first-order valence-corrected chi connectivity index (χ1v) is 12.6. The van der Waals surface area contributed by atoms with E-state index >= 15 is 0 Å². The molecule has 3 aliphatic heterocycles. The number of fused-ring (bicyclic) bond motifs is 1. The van der Waals surface area contributed by atoms with Gasteiger partial charge in [-0.1, -0.05) is 30.3 Å². The average molecular weight is 479 g/mol. The van der Waals surface area contributed by atoms with E-state index in [-0.39, 0.29) is 24.2 Å². The van der Waals surface area contributed by atoms with E-state index in [0.29, 0.717) is 37.8 Å². The van der Waals surface area contributed by atoms with Crippen molar-refractivity contribution in [2.24, 2.45) is 5.92 Å². The van der Waals surface area contributed by atoms with Gasteiger partial charge < -0.3 is 24.6 Å². The van der Waals surface area contributed by atoms with Crippen LogP contribution in [0.1, 0.15) is 18.4 Å². The van der Waals surface area contributed by atoms with E-state index in [1.54, 1.807) is 4.90 Å². The van der Waals surface area contributed by atoms with E-state index in [1.807, 2.05) is 18.2 Å². The molecule has 5 rings (SSSR count). The minimum atomic E-state index is -0.322. The molecule has 1 atom stereocenters. The van der Waals surface area contributed by atoms with Crippen LogP contribution in [-0.4, -0.2) is 80.6 Å². The van der Waals surface area contributed by atoms with Crippen molar-refractivity contribution in [3.63, 3.8) is 0 Å². The Bertz CT molecular complexity index is 1020. The summed E-state index contributed by atoms with van der Waals surface area (Å²) in [5, 5.41) is 3.05. The highest BCUT2D eigenvalue weighted by molar-refractivity contribution is 6.00. The molecule has 0 bridgehead atoms. The lowest BCUT2D eigenvalue weighted by Gasteiger charge is -2.34. The molecule has 0 aliphatic carbocycles. The molecule has 186 valence electrons. The van der Waals surface area contributed by atoms with Gasteiger partial charge in [-0.25, -0.2) is 0 Å². The van der Waals surface area contributed by atoms with Crippen molar-refractivity contribution < 1.29 is 19.1 Å². The molecule has 1 unspecified atom stereocenters. The Hall–Kier alpha value is -3.10. The van der Waals surface area contributed by atoms with E-state index in [4.69, 9.17) is 9.47 Å². The molecule has 0 saturated carbocycles. The van der Waals surface area contributed by atoms with Crippen LogP contribution in [0.25, 0.3) is 0 Å². The van der Waals surface area contributed by atoms with Gasteiger partial charge >= 0.3 is 0 Å². The van der Waals surface area contributed by atoms with Crippen molar-refractivity contribution in [2.75, 3.05) is 63.9 Å². The first kappa shape index (κ1) is 23.6. The second-order valence-corrected chi connectivity index (χ2v) is 9.48. The van der Waals surface area contributed by atoms with Gasteiger partial charge in [0.25, 0.3) is 0 Å². The molecule has 2 saturated heterocycles. The van der Waals surface area contributed by atoms with Crippen molar-refractivity contribution >= 4 is 17.5 Å². The van der Waals surface area contributed by atoms with Crippen molar-refractivity contribution in [1.29, 1.82) is 0 Å². The fraction of sp³-hybridized carbons (Fsp3) is 0.481. The summed E-state index contributed by atoms with van der Waals surface area (Å²) in [6.07, 6.45) is 1.15. The van der Waals surface area contributed by atoms with Gasteiger partial charge in [-0.15, -0.1) is 0 Å². The number of rotatable bonds is 8. The molecule has 8 nitrogen and oxygen atoms in total. The standard InChI is InChI=1S/C27H34N4O4/c32-26-17-22(20-31(26)23-7-8-24-25(18-23)35-16-15-34-24)27(33)28-9-4-10-29-11-13-30(14-12-29)19-21-5-2-1-3-6-21/h1-3,5-8,18,22H,4,9-17,19-20H2,(H,28,33). The van der Waals surface area contributed by atoms with Gasteiger partial charge in [-0.05, 0) is 30.7 Å². The Morgan fingerprint density at radius 2 is 1.69 bits per heavy atom. The maximum Gasteiger partial charge on any atom is 0.227 e. The molecule has 0 radical (unpaired) electrons. The number of piperazine rings is 1. The fourth-order valence-corrected chi connectivity index (χ4v) is 5.00. The molecule has 0 aromatic heterocycles. The number of amides is 2. The van der Waals surface area contributed by atoms with Crippen LogP contribution in [0.5, 0.6) is 11.5 Å². The summed E-state index contributed by atoms with van der Waals surface area (Å²) in [5.41, 5.74) is 2.11. The van der Waals surface area contributed by atoms with E-state index in [9.17, 15) is 9.59 Å². The number of nitrogens with one attached hydrogen (secondary N) is 1. The zero-order valence-corrected chi connectivity index (χ0v) is 20.2. The summed E-state index contributed by atoms with van der Waals surface area (Å²) in [4.78, 5) is 32.0. The minimum absolute atomic E-state index is 0.0322. The first-order chi connectivity index (χ1) is 17.2. The second kappa shape index (κ2) is 11.1. The summed E-state index contributed by atoms with van der Waals surface area (Å²) in [7, 11) is 0. The maximum atomic E-state index is 12.7. The van der Waals surface area contributed by atoms with Gasteiger partial charge in [-0.2, -0.15) is 0 Å². The first-order valence-electron chi connectivity index (χ1n) is 12.6. The molecule has 8 heteroatoms. The number of hydrogen-bond donors (Lipinski definition) is 1. The molecule has 0 spiro atoms. The molecular weight excluding hydrogens is 444 g/mol. The lowest BCUT2D eigenvalue weighted by atomic mass is 10.1. The number of ether oxygens (including phenoxy) is 2. The molecule has 2 fully saturated rings. The molecule has 3 heterocycles. The minimum Gasteiger partial charge on any atom is -0.486 e. The fourth-order valence-electron chi connectivity index (χ4n) is 5.00. The predicted octanol–water partition coefficient (Wildman–Crippen LogP) is 2.13. The lowest BCUT2D eigenvalue weighted by Crippen LogP contribution is -2.46. The van der Waals surface area contributed by atoms with Crippen LogP contribution in [0.4, 0.5) is 5.69 Å². The number of carbonyl (C=O) groups excluding carboxylic acids is 2. The average Bonchev–Trinajstić information content (AvgIpc) is 3.29. The molecule has 2 aromatic rings. The van der Waals surface area contributed by atoms with Crippen molar-refractivity contribution in [1.82, 2.24) is 15.1 Å². The number of carbonyl (C=O) groups is 2. The van der Waals surface area contributed by atoms with E-state index in [2.05, 4.69) is 45.4 Å². The highest BCUT2D eigenvalue weighted by atomic mass is 16.6. The van der Waals surface area contributed by atoms with E-state index in [0.717, 1.165) is 51.4 Å². The largest absolute Gasteiger partial charge is 0.486 e. The van der Waals surface area contributed by atoms with Crippen molar-refractivity contribution in [2.45, 2.75) is 19.4 Å². The zero-order chi connectivity index (χ0) is 24.0. The number of nitrogens with zero attached hydrogens (tertiary/aromatic N) is 3. The summed E-state index contributed by atoms with van der Waals surface area (Å²) in [6.45, 7) is 8.31. The van der Waals surface area contributed by atoms with Crippen molar-refractivity contribution in [3.8, 4) is 11.5 Å². The van der Waals surface area contributed by atoms with Crippen LogP contribution in [-0.2, 0) is 16.1 Å². The lowest BCUT2D eigenvalue weighted by molar-refractivity contribution is -0.126. The Balaban J connectivity index is 1.01. The Morgan fingerprint density at radius 3 is 2.49 bits per heavy atom. The second-order valence-electron chi connectivity index (χ2n) is 9.48. The molecule has 35 heavy (non-hydrogen) atoms. The van der Waals surface area contributed by atoms with Crippen LogP contribution in [0.15, 0.2) is 48.5 Å². The topological polar surface area (TPSA) is 74.4 Å². The van der Waals surface area contributed by atoms with Gasteiger partial charge in [0, 0.05) is 64.0 Å². The van der Waals surface area contributed by atoms with Crippen LogP contribution in [0.2, 0.25) is 0 Å². The van der Waals surface area contributed by atoms with Crippen LogP contribution >= 0.6 is 0 Å². The predicted molar refractivity (Wildman–Crippen MR) is 134 cm³/mol. The highest BCUT2D eigenvalue weighted by Crippen LogP contribution is 2.36. The molecule has 2 amide bonds. The van der Waals surface area contributed by atoms with Crippen molar-refractivity contribution in [3.05, 3.63) is 54.1 Å². The van der Waals surface area contributed by atoms with Gasteiger partial charge in [0.05, 0.1) is 5.92 Å². The Morgan fingerprint density at radius 1 is 0.943 bits per heavy atom. The third kappa shape index (κ3) is 5.94. The summed E-state index contributed by atoms with van der Waals surface area (Å²) in [6, 6.07) is 16.1. The quantitative estimate of drug-likeness (QED) is 0.586. The summed E-state index contributed by atoms with van der Waals surface area (Å²) in [5.74, 6) is 0.951. The molecular formula is C27H34N4O4. The maximum absolute atomic E-state index is 12.7. The monoisotopic (exact) mass is 478 g/mol. The van der Waals surface area contributed by atoms with Crippen LogP contribution in [0.3, 0.4) is 0 Å². The van der Waals surface area contributed by atoms with Gasteiger partial charge in [0.2, 0.25) is 11.8 Å². The molecule has 2 aromatic carbocycles. The summed E-state index contributed by atoms with van der Waals surface area (Å²) >= 11 is 0. The Labute approximate surface area is 206 Å². The highest BCUT2D eigenvalue weighted by Gasteiger charge is 2.35. The van der Waals surface area contributed by atoms with E-state index < -0.39 is 0 Å². The number of anilines is 1. The van der Waals surface area contributed by atoms with Crippen LogP contribution in [0, 0.1) is 5.92 Å². The smallest absolute Gasteiger partial charge is 0.227 e. The third-order valence-corrected chi connectivity index (χ3v) is 7.00. The SMILES string of the molecule is O=C(NCCCN1CCN(Cc2ccccc2)CC1)C1CC(=O)N(c2ccc3c(c2)OCCO3)C1. The third-order valence-electron chi connectivity index (χ3n) is 7.00. The molecule has 3 aliphatic rings. The number of benzene rings is 2. The number of hydrogen-bond acceptors (Lipinski definition) is 6. The normalized spacial score (nSPS) is 20.7. The van der Waals surface area contributed by atoms with Gasteiger partial charge in [0.1, 0.15) is 13.2 Å². The van der Waals surface area contributed by atoms with E-state index in [1.165, 1.54) is 5.56 Å². The molecule has 1 N–H and O–H groups in total. The van der Waals surface area contributed by atoms with Gasteiger partial charge in [0.15, 0.2) is 11.5 Å². The van der Waals surface area contributed by atoms with Gasteiger partial charge in [-0.3, -0.25) is 14.5 Å². The van der Waals surface area contributed by atoms with Crippen LogP contribution < -0.4 is 19.7 Å². The Kier molecular flexibility index (Phi) is 7.49.